The van der Waals surface area contributed by atoms with Crippen LogP contribution in [0.1, 0.15) is 32.4 Å². The van der Waals surface area contributed by atoms with E-state index in [1.54, 1.807) is 0 Å². The van der Waals surface area contributed by atoms with Gasteiger partial charge in [0.25, 0.3) is 0 Å². The largest absolute Gasteiger partial charge is 0.371 e. The molecule has 0 saturated carbocycles. The van der Waals surface area contributed by atoms with Gasteiger partial charge in [0, 0.05) is 6.54 Å². The van der Waals surface area contributed by atoms with Gasteiger partial charge >= 0.3 is 0 Å². The van der Waals surface area contributed by atoms with Crippen LogP contribution in [0.5, 0.6) is 0 Å². The third kappa shape index (κ3) is 2.52. The number of nitrogens with zero attached hydrogens (tertiary/aromatic N) is 3. The molecule has 14 heavy (non-hydrogen) atoms. The van der Waals surface area contributed by atoms with Crippen molar-refractivity contribution in [1.82, 2.24) is 14.8 Å². The lowest BCUT2D eigenvalue weighted by Crippen LogP contribution is -2.12. The van der Waals surface area contributed by atoms with Crippen LogP contribution in [0, 0.1) is 0 Å². The minimum atomic E-state index is 0.207. The first-order valence-electron chi connectivity index (χ1n) is 4.91. The maximum Gasteiger partial charge on any atom is 0.159 e. The molecule has 1 aromatic rings. The second-order valence-corrected chi connectivity index (χ2v) is 3.34. The van der Waals surface area contributed by atoms with Crippen molar-refractivity contribution in [3.8, 4) is 0 Å². The lowest BCUT2D eigenvalue weighted by Gasteiger charge is -2.08. The van der Waals surface area contributed by atoms with Crippen LogP contribution in [-0.2, 0) is 24.4 Å². The van der Waals surface area contributed by atoms with Crippen molar-refractivity contribution in [3.05, 3.63) is 11.6 Å². The van der Waals surface area contributed by atoms with Gasteiger partial charge in [0.2, 0.25) is 0 Å². The van der Waals surface area contributed by atoms with Gasteiger partial charge in [-0.25, -0.2) is 0 Å². The summed E-state index contributed by atoms with van der Waals surface area (Å²) in [5, 5.41) is 8.03. The maximum absolute atomic E-state index is 5.53. The molecule has 0 aliphatic heterocycles. The van der Waals surface area contributed by atoms with Gasteiger partial charge in [-0.05, 0) is 20.8 Å². The van der Waals surface area contributed by atoms with E-state index in [1.165, 1.54) is 0 Å². The molecule has 0 atom stereocenters. The highest BCUT2D eigenvalue weighted by Crippen LogP contribution is 2.04. The summed E-state index contributed by atoms with van der Waals surface area (Å²) in [6, 6.07) is 0. The summed E-state index contributed by atoms with van der Waals surface area (Å²) in [5.41, 5.74) is 5.53. The van der Waals surface area contributed by atoms with Gasteiger partial charge in [0.1, 0.15) is 12.4 Å². The van der Waals surface area contributed by atoms with Gasteiger partial charge < -0.3 is 15.0 Å². The van der Waals surface area contributed by atoms with E-state index in [0.29, 0.717) is 13.2 Å². The third-order valence-electron chi connectivity index (χ3n) is 1.95. The molecule has 80 valence electrons. The molecule has 1 heterocycles. The molecular formula is C9H18N4O. The predicted octanol–water partition coefficient (Wildman–Crippen LogP) is 0.682. The fourth-order valence-corrected chi connectivity index (χ4v) is 1.24. The van der Waals surface area contributed by atoms with Crippen LogP contribution in [-0.4, -0.2) is 20.9 Å². The van der Waals surface area contributed by atoms with E-state index in [-0.39, 0.29) is 6.10 Å². The van der Waals surface area contributed by atoms with Crippen LogP contribution >= 0.6 is 0 Å². The highest BCUT2D eigenvalue weighted by Gasteiger charge is 2.09. The molecule has 0 unspecified atom stereocenters. The van der Waals surface area contributed by atoms with Crippen LogP contribution < -0.4 is 5.73 Å². The number of hydrogen-bond acceptors (Lipinski definition) is 4. The zero-order chi connectivity index (χ0) is 10.6. The molecule has 0 fully saturated rings. The van der Waals surface area contributed by atoms with E-state index in [0.717, 1.165) is 18.2 Å². The van der Waals surface area contributed by atoms with Crippen LogP contribution in [0.2, 0.25) is 0 Å². The van der Waals surface area contributed by atoms with Crippen molar-refractivity contribution < 1.29 is 4.74 Å². The van der Waals surface area contributed by atoms with Gasteiger partial charge in [-0.1, -0.05) is 0 Å². The summed E-state index contributed by atoms with van der Waals surface area (Å²) in [5.74, 6) is 1.66. The van der Waals surface area contributed by atoms with E-state index in [1.807, 2.05) is 25.3 Å². The van der Waals surface area contributed by atoms with Gasteiger partial charge in [0.15, 0.2) is 5.82 Å². The van der Waals surface area contributed by atoms with Crippen molar-refractivity contribution in [2.45, 2.75) is 46.6 Å². The Kier molecular flexibility index (Phi) is 4.03. The third-order valence-corrected chi connectivity index (χ3v) is 1.95. The molecule has 5 heteroatoms. The zero-order valence-electron chi connectivity index (χ0n) is 9.03. The summed E-state index contributed by atoms with van der Waals surface area (Å²) >= 11 is 0. The summed E-state index contributed by atoms with van der Waals surface area (Å²) in [7, 11) is 0. The smallest absolute Gasteiger partial charge is 0.159 e. The Morgan fingerprint density at radius 1 is 1.36 bits per heavy atom. The van der Waals surface area contributed by atoms with Crippen molar-refractivity contribution >= 4 is 0 Å². The van der Waals surface area contributed by atoms with Crippen molar-refractivity contribution in [2.75, 3.05) is 0 Å². The molecular weight excluding hydrogens is 180 g/mol. The van der Waals surface area contributed by atoms with Crippen LogP contribution in [0.25, 0.3) is 0 Å². The van der Waals surface area contributed by atoms with E-state index < -0.39 is 0 Å². The topological polar surface area (TPSA) is 66.0 Å². The first-order chi connectivity index (χ1) is 6.69. The molecule has 2 N–H and O–H groups in total. The molecule has 0 bridgehead atoms. The SMILES string of the molecule is CCn1c(CN)nnc1COC(C)C. The van der Waals surface area contributed by atoms with Crippen molar-refractivity contribution in [3.63, 3.8) is 0 Å². The summed E-state index contributed by atoms with van der Waals surface area (Å²) in [4.78, 5) is 0. The van der Waals surface area contributed by atoms with Crippen LogP contribution in [0.3, 0.4) is 0 Å². The number of hydrogen-bond donors (Lipinski definition) is 1. The van der Waals surface area contributed by atoms with Crippen molar-refractivity contribution in [1.29, 1.82) is 0 Å². The van der Waals surface area contributed by atoms with E-state index >= 15 is 0 Å². The van der Waals surface area contributed by atoms with Gasteiger partial charge in [0.05, 0.1) is 12.6 Å². The van der Waals surface area contributed by atoms with Gasteiger partial charge in [-0.3, -0.25) is 0 Å². The second kappa shape index (κ2) is 5.07. The van der Waals surface area contributed by atoms with E-state index in [4.69, 9.17) is 10.5 Å². The fourth-order valence-electron chi connectivity index (χ4n) is 1.24. The maximum atomic E-state index is 5.53. The molecule has 1 aromatic heterocycles. The number of ether oxygens (including phenoxy) is 1. The van der Waals surface area contributed by atoms with Crippen molar-refractivity contribution in [2.24, 2.45) is 5.73 Å². The van der Waals surface area contributed by atoms with Crippen LogP contribution in [0.4, 0.5) is 0 Å². The predicted molar refractivity (Wildman–Crippen MR) is 53.5 cm³/mol. The highest BCUT2D eigenvalue weighted by molar-refractivity contribution is 4.94. The quantitative estimate of drug-likeness (QED) is 0.755. The minimum absolute atomic E-state index is 0.207. The monoisotopic (exact) mass is 198 g/mol. The van der Waals surface area contributed by atoms with Gasteiger partial charge in [-0.15, -0.1) is 10.2 Å². The highest BCUT2D eigenvalue weighted by atomic mass is 16.5. The molecule has 0 aliphatic carbocycles. The van der Waals surface area contributed by atoms with E-state index in [2.05, 4.69) is 10.2 Å². The zero-order valence-corrected chi connectivity index (χ0v) is 9.03. The summed E-state index contributed by atoms with van der Waals surface area (Å²) < 4.78 is 7.45. The second-order valence-electron chi connectivity index (χ2n) is 3.34. The Labute approximate surface area is 84.3 Å². The Balaban J connectivity index is 2.71. The average Bonchev–Trinajstić information content (AvgIpc) is 2.56. The molecule has 5 nitrogen and oxygen atoms in total. The molecule has 0 aliphatic rings. The molecule has 0 amide bonds. The Bertz CT molecular complexity index is 282. The lowest BCUT2D eigenvalue weighted by atomic mass is 10.4. The molecule has 0 radical (unpaired) electrons. The summed E-state index contributed by atoms with van der Waals surface area (Å²) in [6.07, 6.45) is 0.207. The lowest BCUT2D eigenvalue weighted by molar-refractivity contribution is 0.0593. The Morgan fingerprint density at radius 2 is 2.00 bits per heavy atom. The Morgan fingerprint density at radius 3 is 2.50 bits per heavy atom. The number of rotatable bonds is 5. The first-order valence-corrected chi connectivity index (χ1v) is 4.91. The van der Waals surface area contributed by atoms with Gasteiger partial charge in [-0.2, -0.15) is 0 Å². The van der Waals surface area contributed by atoms with Crippen LogP contribution in [0.15, 0.2) is 0 Å². The average molecular weight is 198 g/mol. The number of aromatic nitrogens is 3. The molecule has 1 rings (SSSR count). The molecule has 0 aromatic carbocycles. The Hall–Kier alpha value is -0.940. The number of nitrogens with two attached hydrogens (primary N) is 1. The first kappa shape index (κ1) is 11.1. The van der Waals surface area contributed by atoms with E-state index in [9.17, 15) is 0 Å². The standard InChI is InChI=1S/C9H18N4O/c1-4-13-8(5-10)11-12-9(13)6-14-7(2)3/h7H,4-6,10H2,1-3H3. The molecule has 0 spiro atoms. The molecule has 0 saturated heterocycles. The normalized spacial score (nSPS) is 11.2. The summed E-state index contributed by atoms with van der Waals surface area (Å²) in [6.45, 7) is 7.78. The minimum Gasteiger partial charge on any atom is -0.371 e. The fraction of sp³-hybridized carbons (Fsp3) is 0.778.